The minimum atomic E-state index is -3.77. The number of aliphatic hydroxyl groups excluding tert-OH is 1. The summed E-state index contributed by atoms with van der Waals surface area (Å²) in [5.41, 5.74) is 4.17. The van der Waals surface area contributed by atoms with E-state index in [1.807, 2.05) is 13.0 Å². The van der Waals surface area contributed by atoms with Crippen LogP contribution in [0, 0.1) is 12.3 Å². The van der Waals surface area contributed by atoms with Gasteiger partial charge in [0.05, 0.1) is 35.6 Å². The lowest BCUT2D eigenvalue weighted by Crippen LogP contribution is -2.40. The Morgan fingerprint density at radius 2 is 1.64 bits per heavy atom. The molecule has 4 heterocycles. The molecule has 14 heteroatoms. The van der Waals surface area contributed by atoms with Crippen molar-refractivity contribution in [3.8, 4) is 17.1 Å². The zero-order chi connectivity index (χ0) is 29.7. The first kappa shape index (κ1) is 28.7. The molecule has 3 fully saturated rings. The van der Waals surface area contributed by atoms with Gasteiger partial charge in [0.1, 0.15) is 10.9 Å². The Bertz CT molecular complexity index is 1560. The van der Waals surface area contributed by atoms with Crippen molar-refractivity contribution in [3.05, 3.63) is 36.2 Å². The molecule has 1 saturated carbocycles. The van der Waals surface area contributed by atoms with Crippen molar-refractivity contribution in [3.63, 3.8) is 0 Å². The number of halogens is 2. The maximum atomic E-state index is 13.7. The molecule has 1 spiro atoms. The third kappa shape index (κ3) is 5.91. The fourth-order valence-electron chi connectivity index (χ4n) is 5.65. The Hall–Kier alpha value is -3.39. The van der Waals surface area contributed by atoms with Crippen molar-refractivity contribution in [2.75, 3.05) is 47.3 Å². The summed E-state index contributed by atoms with van der Waals surface area (Å²) in [6.45, 7) is 4.85. The first-order valence-electron chi connectivity index (χ1n) is 14.4. The molecule has 0 bridgehead atoms. The van der Waals surface area contributed by atoms with Crippen molar-refractivity contribution < 1.29 is 22.3 Å². The molecular weight excluding hydrogens is 566 g/mol. The molecule has 0 amide bonds. The fourth-order valence-corrected chi connectivity index (χ4v) is 6.51. The minimum absolute atomic E-state index is 0.177. The number of hydrogen-bond donors (Lipinski definition) is 2. The minimum Gasteiger partial charge on any atom is -0.395 e. The lowest BCUT2D eigenvalue weighted by Gasteiger charge is -2.35. The normalized spacial score (nSPS) is 20.5. The number of aromatic nitrogens is 5. The van der Waals surface area contributed by atoms with E-state index in [2.05, 4.69) is 29.9 Å². The first-order valence-corrected chi connectivity index (χ1v) is 15.9. The van der Waals surface area contributed by atoms with Gasteiger partial charge in [0.2, 0.25) is 16.0 Å². The van der Waals surface area contributed by atoms with E-state index in [0.717, 1.165) is 37.3 Å². The molecule has 2 saturated heterocycles. The molecule has 226 valence electrons. The lowest BCUT2D eigenvalue weighted by molar-refractivity contribution is -0.0222. The van der Waals surface area contributed by atoms with Crippen LogP contribution in [0.25, 0.3) is 17.1 Å². The number of nitrogens with zero attached hydrogens (tertiary/aromatic N) is 7. The zero-order valence-corrected chi connectivity index (χ0v) is 24.6. The molecule has 1 unspecified atom stereocenters. The summed E-state index contributed by atoms with van der Waals surface area (Å²) in [5, 5.41) is 17.2. The predicted octanol–water partition coefficient (Wildman–Crippen LogP) is 3.77. The number of nitrogens with one attached hydrogen (secondary N) is 1. The Morgan fingerprint density at radius 1 is 0.952 bits per heavy atom. The second-order valence-electron chi connectivity index (χ2n) is 11.9. The topological polar surface area (TPSA) is 129 Å². The van der Waals surface area contributed by atoms with Gasteiger partial charge < -0.3 is 14.9 Å². The second kappa shape index (κ2) is 10.7. The van der Waals surface area contributed by atoms with Crippen LogP contribution in [0.1, 0.15) is 51.1 Å². The van der Waals surface area contributed by atoms with Gasteiger partial charge in [-0.15, -0.1) is 5.10 Å². The van der Waals surface area contributed by atoms with E-state index in [-0.39, 0.29) is 25.9 Å². The summed E-state index contributed by atoms with van der Waals surface area (Å²) in [7, 11) is -3.77. The summed E-state index contributed by atoms with van der Waals surface area (Å²) in [4.78, 5) is 13.2. The van der Waals surface area contributed by atoms with Crippen molar-refractivity contribution in [2.24, 2.45) is 5.41 Å². The summed E-state index contributed by atoms with van der Waals surface area (Å²) < 4.78 is 57.0. The third-order valence-electron chi connectivity index (χ3n) is 8.77. The van der Waals surface area contributed by atoms with Crippen molar-refractivity contribution in [1.29, 1.82) is 0 Å². The average molecular weight is 603 g/mol. The van der Waals surface area contributed by atoms with Crippen LogP contribution in [0.2, 0.25) is 0 Å². The molecule has 2 aliphatic heterocycles. The van der Waals surface area contributed by atoms with Gasteiger partial charge in [0.15, 0.2) is 0 Å². The van der Waals surface area contributed by atoms with Gasteiger partial charge in [-0.05, 0) is 69.2 Å². The summed E-state index contributed by atoms with van der Waals surface area (Å²) in [6.07, 6.45) is 5.98. The van der Waals surface area contributed by atoms with Crippen LogP contribution in [0.3, 0.4) is 0 Å². The smallest absolute Gasteiger partial charge is 0.251 e. The van der Waals surface area contributed by atoms with E-state index in [4.69, 9.17) is 0 Å². The zero-order valence-electron chi connectivity index (χ0n) is 23.8. The highest BCUT2D eigenvalue weighted by atomic mass is 32.2. The molecule has 42 heavy (non-hydrogen) atoms. The number of alkyl halides is 2. The molecular formula is C28H36F2N8O3S. The average Bonchev–Trinajstić information content (AvgIpc) is 3.52. The van der Waals surface area contributed by atoms with E-state index >= 15 is 0 Å². The fraction of sp³-hybridized carbons (Fsp3) is 0.571. The number of sulfonamides is 1. The summed E-state index contributed by atoms with van der Waals surface area (Å²) in [5.74, 6) is -2.27. The Balaban J connectivity index is 1.31. The maximum absolute atomic E-state index is 13.7. The van der Waals surface area contributed by atoms with E-state index in [9.17, 15) is 22.3 Å². The standard InChI is InChI=1S/C28H36F2N8O3S/c1-19-15-22(32-26(31-19)37-13-9-28(29,30)10-14-37)23-17-38(35-33-23)24-4-3-21(34-42(40,41)20(2)18-39)16-25(24)36-11-7-27(5-6-27)8-12-36/h3-4,15-17,20,34,39H,5-14,18H2,1-2H3. The molecule has 6 rings (SSSR count). The van der Waals surface area contributed by atoms with Crippen molar-refractivity contribution >= 4 is 27.3 Å². The van der Waals surface area contributed by atoms with Crippen LogP contribution in [0.15, 0.2) is 30.5 Å². The van der Waals surface area contributed by atoms with Crippen LogP contribution in [0.4, 0.5) is 26.1 Å². The molecule has 2 aromatic heterocycles. The Labute approximate surface area is 244 Å². The molecule has 0 radical (unpaired) electrons. The molecule has 1 atom stereocenters. The van der Waals surface area contributed by atoms with E-state index in [1.54, 1.807) is 34.0 Å². The number of hydrogen-bond acceptors (Lipinski definition) is 9. The van der Waals surface area contributed by atoms with Crippen LogP contribution >= 0.6 is 0 Å². The largest absolute Gasteiger partial charge is 0.395 e. The monoisotopic (exact) mass is 602 g/mol. The number of anilines is 3. The number of benzene rings is 1. The van der Waals surface area contributed by atoms with Crippen LogP contribution < -0.4 is 14.5 Å². The van der Waals surface area contributed by atoms with Gasteiger partial charge >= 0.3 is 0 Å². The van der Waals surface area contributed by atoms with E-state index in [0.29, 0.717) is 34.1 Å². The Morgan fingerprint density at radius 3 is 2.31 bits per heavy atom. The molecule has 1 aliphatic carbocycles. The maximum Gasteiger partial charge on any atom is 0.251 e. The highest BCUT2D eigenvalue weighted by molar-refractivity contribution is 7.93. The van der Waals surface area contributed by atoms with Crippen LogP contribution in [-0.2, 0) is 10.0 Å². The Kier molecular flexibility index (Phi) is 7.32. The summed E-state index contributed by atoms with van der Waals surface area (Å²) in [6, 6.07) is 7.08. The second-order valence-corrected chi connectivity index (χ2v) is 14.0. The molecule has 3 aliphatic rings. The van der Waals surface area contributed by atoms with E-state index in [1.165, 1.54) is 19.8 Å². The first-order chi connectivity index (χ1) is 20.0. The third-order valence-corrected chi connectivity index (χ3v) is 10.5. The van der Waals surface area contributed by atoms with Crippen molar-refractivity contribution in [1.82, 2.24) is 25.0 Å². The quantitative estimate of drug-likeness (QED) is 0.396. The number of aryl methyl sites for hydroxylation is 1. The van der Waals surface area contributed by atoms with Crippen molar-refractivity contribution in [2.45, 2.75) is 63.5 Å². The molecule has 1 aromatic carbocycles. The van der Waals surface area contributed by atoms with Gasteiger partial charge in [0, 0.05) is 44.7 Å². The van der Waals surface area contributed by atoms with Gasteiger partial charge in [-0.25, -0.2) is 31.8 Å². The highest BCUT2D eigenvalue weighted by Gasteiger charge is 2.44. The predicted molar refractivity (Wildman–Crippen MR) is 156 cm³/mol. The molecule has 3 aromatic rings. The highest BCUT2D eigenvalue weighted by Crippen LogP contribution is 2.54. The SMILES string of the molecule is Cc1cc(-c2cn(-c3ccc(NS(=O)(=O)C(C)CO)cc3N3CCC4(CC3)CC4)nn2)nc(N2CCC(F)(F)CC2)n1. The van der Waals surface area contributed by atoms with Gasteiger partial charge in [-0.3, -0.25) is 4.72 Å². The van der Waals surface area contributed by atoms with Crippen LogP contribution in [-0.4, -0.2) is 82.4 Å². The number of rotatable bonds is 8. The van der Waals surface area contributed by atoms with Gasteiger partial charge in [-0.2, -0.15) is 0 Å². The number of aliphatic hydroxyl groups is 1. The van der Waals surface area contributed by atoms with Gasteiger partial charge in [-0.1, -0.05) is 5.21 Å². The molecule has 2 N–H and O–H groups in total. The lowest BCUT2D eigenvalue weighted by atomic mass is 9.93. The number of piperidine rings is 2. The van der Waals surface area contributed by atoms with Gasteiger partial charge in [0.25, 0.3) is 5.92 Å². The molecule has 11 nitrogen and oxygen atoms in total. The van der Waals surface area contributed by atoms with E-state index < -0.39 is 27.8 Å². The van der Waals surface area contributed by atoms with Crippen LogP contribution in [0.5, 0.6) is 0 Å². The summed E-state index contributed by atoms with van der Waals surface area (Å²) >= 11 is 0.